The first-order valence-electron chi connectivity index (χ1n) is 6.25. The van der Waals surface area contributed by atoms with Crippen LogP contribution in [0.5, 0.6) is 0 Å². The van der Waals surface area contributed by atoms with Crippen molar-refractivity contribution in [2.45, 2.75) is 26.6 Å². The van der Waals surface area contributed by atoms with E-state index in [0.29, 0.717) is 21.6 Å². The minimum atomic E-state index is -4.63. The molecule has 0 spiro atoms. The summed E-state index contributed by atoms with van der Waals surface area (Å²) in [5.74, 6) is -1.44. The van der Waals surface area contributed by atoms with Crippen molar-refractivity contribution in [3.8, 4) is 0 Å². The number of hydrogen-bond acceptors (Lipinski definition) is 3. The van der Waals surface area contributed by atoms with Crippen LogP contribution >= 0.6 is 11.3 Å². The average molecular weight is 332 g/mol. The Bertz CT molecular complexity index is 709. The molecule has 0 saturated heterocycles. The number of alkyl halides is 3. The summed E-state index contributed by atoms with van der Waals surface area (Å²) in [5.41, 5.74) is -0.489. The van der Waals surface area contributed by atoms with Crippen LogP contribution in [0.2, 0.25) is 0 Å². The number of carbonyl (C=O) groups excluding carboxylic acids is 1. The summed E-state index contributed by atoms with van der Waals surface area (Å²) in [4.78, 5) is 16.5. The van der Waals surface area contributed by atoms with Crippen LogP contribution in [-0.2, 0) is 12.7 Å². The van der Waals surface area contributed by atoms with E-state index in [1.807, 2.05) is 0 Å². The van der Waals surface area contributed by atoms with Gasteiger partial charge in [-0.05, 0) is 37.6 Å². The van der Waals surface area contributed by atoms with Crippen molar-refractivity contribution in [2.24, 2.45) is 0 Å². The molecule has 0 saturated carbocycles. The van der Waals surface area contributed by atoms with E-state index in [9.17, 15) is 22.4 Å². The first-order chi connectivity index (χ1) is 10.2. The quantitative estimate of drug-likeness (QED) is 0.868. The lowest BCUT2D eigenvalue weighted by Crippen LogP contribution is -2.23. The van der Waals surface area contributed by atoms with Gasteiger partial charge < -0.3 is 5.32 Å². The van der Waals surface area contributed by atoms with Gasteiger partial charge in [0.2, 0.25) is 0 Å². The molecule has 0 bridgehead atoms. The third-order valence-corrected chi connectivity index (χ3v) is 3.92. The van der Waals surface area contributed by atoms with Gasteiger partial charge in [0.1, 0.15) is 10.7 Å². The van der Waals surface area contributed by atoms with E-state index < -0.39 is 23.5 Å². The molecule has 22 heavy (non-hydrogen) atoms. The summed E-state index contributed by atoms with van der Waals surface area (Å²) in [6.45, 7) is 3.22. The van der Waals surface area contributed by atoms with Crippen LogP contribution in [0.25, 0.3) is 0 Å². The van der Waals surface area contributed by atoms with E-state index in [0.717, 1.165) is 12.1 Å². The third-order valence-electron chi connectivity index (χ3n) is 2.85. The van der Waals surface area contributed by atoms with E-state index in [2.05, 4.69) is 10.3 Å². The fourth-order valence-corrected chi connectivity index (χ4v) is 2.76. The van der Waals surface area contributed by atoms with Crippen LogP contribution in [0, 0.1) is 19.7 Å². The van der Waals surface area contributed by atoms with Crippen LogP contribution in [-0.4, -0.2) is 10.9 Å². The number of nitrogens with one attached hydrogen (secondary N) is 1. The molecule has 0 aliphatic rings. The van der Waals surface area contributed by atoms with Crippen LogP contribution in [0.3, 0.4) is 0 Å². The molecule has 2 rings (SSSR count). The molecule has 118 valence electrons. The van der Waals surface area contributed by atoms with Crippen molar-refractivity contribution < 1.29 is 22.4 Å². The number of nitrogens with zero attached hydrogens (tertiary/aromatic N) is 1. The summed E-state index contributed by atoms with van der Waals surface area (Å²) in [5, 5.41) is 3.19. The maximum Gasteiger partial charge on any atom is 0.416 e. The molecule has 3 nitrogen and oxygen atoms in total. The predicted octanol–water partition coefficient (Wildman–Crippen LogP) is 3.85. The van der Waals surface area contributed by atoms with E-state index >= 15 is 0 Å². The molecule has 0 radical (unpaired) electrons. The predicted molar refractivity (Wildman–Crippen MR) is 74.2 cm³/mol. The van der Waals surface area contributed by atoms with Crippen molar-refractivity contribution in [1.29, 1.82) is 0 Å². The summed E-state index contributed by atoms with van der Waals surface area (Å²) in [6, 6.07) is 2.19. The fraction of sp³-hybridized carbons (Fsp3) is 0.286. The molecule has 2 aromatic rings. The Kier molecular flexibility index (Phi) is 4.50. The SMILES string of the molecule is Cc1nc(C)c(C(=O)NCc2cc(F)cc(C(F)(F)F)c2)s1. The average Bonchev–Trinajstić information content (AvgIpc) is 2.73. The van der Waals surface area contributed by atoms with Gasteiger partial charge in [-0.2, -0.15) is 13.2 Å². The molecule has 0 aliphatic heterocycles. The number of hydrogen-bond donors (Lipinski definition) is 1. The Morgan fingerprint density at radius 1 is 1.27 bits per heavy atom. The first-order valence-corrected chi connectivity index (χ1v) is 7.07. The summed E-state index contributed by atoms with van der Waals surface area (Å²) >= 11 is 1.19. The monoisotopic (exact) mass is 332 g/mol. The second kappa shape index (κ2) is 6.04. The molecule has 1 N–H and O–H groups in total. The second-order valence-corrected chi connectivity index (χ2v) is 5.88. The van der Waals surface area contributed by atoms with Gasteiger partial charge in [-0.15, -0.1) is 11.3 Å². The maximum absolute atomic E-state index is 13.3. The van der Waals surface area contributed by atoms with E-state index in [4.69, 9.17) is 0 Å². The van der Waals surface area contributed by atoms with Crippen LogP contribution in [0.1, 0.15) is 31.5 Å². The highest BCUT2D eigenvalue weighted by Gasteiger charge is 2.31. The van der Waals surface area contributed by atoms with Crippen molar-refractivity contribution in [1.82, 2.24) is 10.3 Å². The first kappa shape index (κ1) is 16.4. The smallest absolute Gasteiger partial charge is 0.347 e. The molecular weight excluding hydrogens is 320 g/mol. The number of benzene rings is 1. The van der Waals surface area contributed by atoms with Gasteiger partial charge in [0.25, 0.3) is 5.91 Å². The van der Waals surface area contributed by atoms with Gasteiger partial charge in [-0.3, -0.25) is 4.79 Å². The van der Waals surface area contributed by atoms with E-state index in [-0.39, 0.29) is 12.1 Å². The molecule has 0 aliphatic carbocycles. The van der Waals surface area contributed by atoms with Gasteiger partial charge >= 0.3 is 6.18 Å². The second-order valence-electron chi connectivity index (χ2n) is 4.68. The molecule has 1 aromatic carbocycles. The summed E-state index contributed by atoms with van der Waals surface area (Å²) in [7, 11) is 0. The van der Waals surface area contributed by atoms with Crippen LogP contribution in [0.15, 0.2) is 18.2 Å². The van der Waals surface area contributed by atoms with Crippen LogP contribution in [0.4, 0.5) is 17.6 Å². The molecule has 1 amide bonds. The zero-order chi connectivity index (χ0) is 16.5. The number of aryl methyl sites for hydroxylation is 2. The molecule has 0 atom stereocenters. The van der Waals surface area contributed by atoms with Gasteiger partial charge in [0.15, 0.2) is 0 Å². The Morgan fingerprint density at radius 3 is 2.50 bits per heavy atom. The molecule has 0 fully saturated rings. The number of aromatic nitrogens is 1. The fourth-order valence-electron chi connectivity index (χ4n) is 1.92. The number of halogens is 4. The van der Waals surface area contributed by atoms with Crippen molar-refractivity contribution in [2.75, 3.05) is 0 Å². The van der Waals surface area contributed by atoms with Gasteiger partial charge in [0.05, 0.1) is 16.3 Å². The topological polar surface area (TPSA) is 42.0 Å². The third kappa shape index (κ3) is 3.82. The summed E-state index contributed by atoms with van der Waals surface area (Å²) in [6.07, 6.45) is -4.63. The molecule has 1 heterocycles. The maximum atomic E-state index is 13.3. The lowest BCUT2D eigenvalue weighted by Gasteiger charge is -2.10. The Morgan fingerprint density at radius 2 is 1.95 bits per heavy atom. The van der Waals surface area contributed by atoms with Crippen molar-refractivity contribution in [3.63, 3.8) is 0 Å². The highest BCUT2D eigenvalue weighted by molar-refractivity contribution is 7.13. The molecule has 0 unspecified atom stereocenters. The Labute approximate surface area is 128 Å². The Hall–Kier alpha value is -1.96. The van der Waals surface area contributed by atoms with E-state index in [1.54, 1.807) is 13.8 Å². The number of thiazole rings is 1. The van der Waals surface area contributed by atoms with Gasteiger partial charge in [-0.1, -0.05) is 0 Å². The zero-order valence-electron chi connectivity index (χ0n) is 11.7. The zero-order valence-corrected chi connectivity index (χ0v) is 12.5. The Balaban J connectivity index is 2.13. The number of rotatable bonds is 3. The van der Waals surface area contributed by atoms with Gasteiger partial charge in [-0.25, -0.2) is 9.37 Å². The lowest BCUT2D eigenvalue weighted by atomic mass is 10.1. The largest absolute Gasteiger partial charge is 0.416 e. The van der Waals surface area contributed by atoms with Crippen molar-refractivity contribution >= 4 is 17.2 Å². The highest BCUT2D eigenvalue weighted by Crippen LogP contribution is 2.30. The molecule has 8 heteroatoms. The lowest BCUT2D eigenvalue weighted by molar-refractivity contribution is -0.137. The highest BCUT2D eigenvalue weighted by atomic mass is 32.1. The molecular formula is C14H12F4N2OS. The minimum Gasteiger partial charge on any atom is -0.347 e. The molecule has 1 aromatic heterocycles. The van der Waals surface area contributed by atoms with E-state index in [1.165, 1.54) is 11.3 Å². The normalized spacial score (nSPS) is 11.5. The number of carbonyl (C=O) groups is 1. The standard InChI is InChI=1S/C14H12F4N2OS/c1-7-12(22-8(2)20-7)13(21)19-6-9-3-10(14(16,17)18)5-11(15)4-9/h3-5H,6H2,1-2H3,(H,19,21). The minimum absolute atomic E-state index is 0.0413. The van der Waals surface area contributed by atoms with Crippen LogP contribution < -0.4 is 5.32 Å². The van der Waals surface area contributed by atoms with Gasteiger partial charge in [0, 0.05) is 6.54 Å². The summed E-state index contributed by atoms with van der Waals surface area (Å²) < 4.78 is 51.1. The van der Waals surface area contributed by atoms with Crippen molar-refractivity contribution in [3.05, 3.63) is 50.7 Å². The number of amides is 1.